The molecule has 1 aromatic heterocycles. The molecule has 2 rings (SSSR count). The van der Waals surface area contributed by atoms with Gasteiger partial charge in [-0.05, 0) is 18.8 Å². The van der Waals surface area contributed by atoms with E-state index in [-0.39, 0.29) is 12.4 Å². The van der Waals surface area contributed by atoms with Gasteiger partial charge >= 0.3 is 6.18 Å². The smallest absolute Gasteiger partial charge is 0.384 e. The Kier molecular flexibility index (Phi) is 3.70. The monoisotopic (exact) mass is 261 g/mol. The second-order valence-corrected chi connectivity index (χ2v) is 4.46. The molecule has 1 saturated carbocycles. The van der Waals surface area contributed by atoms with E-state index in [4.69, 9.17) is 5.73 Å². The molecule has 0 unspecified atom stereocenters. The standard InChI is InChI=1S/C11H14F3N3O/c12-11(13,14)6-18-5-8-4-9(15)17-10(16-8)3-7-1-2-7/h4,7H,1-3,5-6H2,(H2,15,16,17). The molecule has 0 atom stereocenters. The van der Waals surface area contributed by atoms with Crippen molar-refractivity contribution >= 4 is 5.82 Å². The minimum atomic E-state index is -4.32. The van der Waals surface area contributed by atoms with E-state index in [0.29, 0.717) is 17.4 Å². The second-order valence-electron chi connectivity index (χ2n) is 4.46. The highest BCUT2D eigenvalue weighted by atomic mass is 19.4. The van der Waals surface area contributed by atoms with Crippen LogP contribution < -0.4 is 5.73 Å². The Bertz CT molecular complexity index is 418. The van der Waals surface area contributed by atoms with Gasteiger partial charge in [-0.3, -0.25) is 0 Å². The van der Waals surface area contributed by atoms with Gasteiger partial charge in [-0.2, -0.15) is 13.2 Å². The van der Waals surface area contributed by atoms with Gasteiger partial charge in [0.25, 0.3) is 0 Å². The van der Waals surface area contributed by atoms with Crippen LogP contribution in [0.2, 0.25) is 0 Å². The SMILES string of the molecule is Nc1cc(COCC(F)(F)F)nc(CC2CC2)n1. The highest BCUT2D eigenvalue weighted by molar-refractivity contribution is 5.29. The number of hydrogen-bond acceptors (Lipinski definition) is 4. The minimum Gasteiger partial charge on any atom is -0.384 e. The molecule has 0 saturated heterocycles. The molecule has 1 heterocycles. The Morgan fingerprint density at radius 2 is 2.06 bits per heavy atom. The fraction of sp³-hybridized carbons (Fsp3) is 0.636. The average Bonchev–Trinajstić information content (AvgIpc) is 2.98. The normalized spacial score (nSPS) is 15.9. The summed E-state index contributed by atoms with van der Waals surface area (Å²) in [7, 11) is 0. The maximum atomic E-state index is 11.9. The second kappa shape index (κ2) is 5.09. The molecular weight excluding hydrogens is 247 g/mol. The van der Waals surface area contributed by atoms with Crippen LogP contribution >= 0.6 is 0 Å². The Labute approximate surface area is 102 Å². The van der Waals surface area contributed by atoms with Crippen molar-refractivity contribution in [2.24, 2.45) is 5.92 Å². The third kappa shape index (κ3) is 4.48. The van der Waals surface area contributed by atoms with Gasteiger partial charge in [0.1, 0.15) is 18.2 Å². The lowest BCUT2D eigenvalue weighted by molar-refractivity contribution is -0.176. The van der Waals surface area contributed by atoms with Gasteiger partial charge < -0.3 is 10.5 Å². The van der Waals surface area contributed by atoms with Crippen molar-refractivity contribution in [1.82, 2.24) is 9.97 Å². The van der Waals surface area contributed by atoms with E-state index in [9.17, 15) is 13.2 Å². The minimum absolute atomic E-state index is 0.204. The molecule has 0 amide bonds. The molecule has 7 heteroatoms. The summed E-state index contributed by atoms with van der Waals surface area (Å²) in [5.41, 5.74) is 5.98. The van der Waals surface area contributed by atoms with Gasteiger partial charge in [0.05, 0.1) is 12.3 Å². The fourth-order valence-corrected chi connectivity index (χ4v) is 1.59. The molecule has 0 aromatic carbocycles. The number of nitrogens with zero attached hydrogens (tertiary/aromatic N) is 2. The Morgan fingerprint density at radius 1 is 1.33 bits per heavy atom. The van der Waals surface area contributed by atoms with Crippen LogP contribution in [-0.4, -0.2) is 22.8 Å². The highest BCUT2D eigenvalue weighted by Crippen LogP contribution is 2.31. The predicted octanol–water partition coefficient (Wildman–Crippen LogP) is 2.09. The van der Waals surface area contributed by atoms with Crippen molar-refractivity contribution in [2.75, 3.05) is 12.3 Å². The maximum absolute atomic E-state index is 11.9. The summed E-state index contributed by atoms with van der Waals surface area (Å²) in [4.78, 5) is 8.21. The quantitative estimate of drug-likeness (QED) is 0.881. The first kappa shape index (κ1) is 13.1. The van der Waals surface area contributed by atoms with Gasteiger partial charge in [0.15, 0.2) is 0 Å². The molecule has 100 valence electrons. The molecule has 0 radical (unpaired) electrons. The van der Waals surface area contributed by atoms with Gasteiger partial charge in [-0.25, -0.2) is 9.97 Å². The fourth-order valence-electron chi connectivity index (χ4n) is 1.59. The van der Waals surface area contributed by atoms with Gasteiger partial charge in [-0.1, -0.05) is 0 Å². The number of aromatic nitrogens is 2. The van der Waals surface area contributed by atoms with E-state index >= 15 is 0 Å². The van der Waals surface area contributed by atoms with Crippen LogP contribution in [0.25, 0.3) is 0 Å². The first-order valence-electron chi connectivity index (χ1n) is 5.69. The number of rotatable bonds is 5. The van der Waals surface area contributed by atoms with Crippen molar-refractivity contribution < 1.29 is 17.9 Å². The third-order valence-corrected chi connectivity index (χ3v) is 2.53. The van der Waals surface area contributed by atoms with Crippen LogP contribution in [-0.2, 0) is 17.8 Å². The molecule has 1 aromatic rings. The summed E-state index contributed by atoms with van der Waals surface area (Å²) >= 11 is 0. The van der Waals surface area contributed by atoms with Crippen LogP contribution in [0.5, 0.6) is 0 Å². The third-order valence-electron chi connectivity index (χ3n) is 2.53. The largest absolute Gasteiger partial charge is 0.411 e. The molecule has 2 N–H and O–H groups in total. The predicted molar refractivity (Wildman–Crippen MR) is 58.6 cm³/mol. The molecule has 0 spiro atoms. The molecule has 0 aliphatic heterocycles. The van der Waals surface area contributed by atoms with E-state index in [1.807, 2.05) is 0 Å². The van der Waals surface area contributed by atoms with Crippen LogP contribution in [0.3, 0.4) is 0 Å². The average molecular weight is 261 g/mol. The maximum Gasteiger partial charge on any atom is 0.411 e. The number of nitrogens with two attached hydrogens (primary N) is 1. The number of halogens is 3. The van der Waals surface area contributed by atoms with E-state index < -0.39 is 12.8 Å². The van der Waals surface area contributed by atoms with Crippen molar-refractivity contribution in [3.8, 4) is 0 Å². The van der Waals surface area contributed by atoms with Crippen molar-refractivity contribution in [2.45, 2.75) is 32.0 Å². The molecule has 1 aliphatic rings. The summed E-state index contributed by atoms with van der Waals surface area (Å²) in [5, 5.41) is 0. The summed E-state index contributed by atoms with van der Waals surface area (Å²) in [6.07, 6.45) is -1.29. The molecular formula is C11H14F3N3O. The van der Waals surface area contributed by atoms with Gasteiger partial charge in [-0.15, -0.1) is 0 Å². The zero-order chi connectivity index (χ0) is 13.2. The van der Waals surface area contributed by atoms with Crippen LogP contribution in [0.1, 0.15) is 24.4 Å². The van der Waals surface area contributed by atoms with Gasteiger partial charge in [0.2, 0.25) is 0 Å². The summed E-state index contributed by atoms with van der Waals surface area (Å²) in [6.45, 7) is -1.49. The van der Waals surface area contributed by atoms with E-state index in [1.54, 1.807) is 0 Å². The number of ether oxygens (including phenoxy) is 1. The Balaban J connectivity index is 1.92. The molecule has 0 bridgehead atoms. The first-order valence-corrected chi connectivity index (χ1v) is 5.69. The summed E-state index contributed by atoms with van der Waals surface area (Å²) in [6, 6.07) is 1.44. The van der Waals surface area contributed by atoms with Crippen molar-refractivity contribution in [1.29, 1.82) is 0 Å². The van der Waals surface area contributed by atoms with E-state index in [2.05, 4.69) is 14.7 Å². The van der Waals surface area contributed by atoms with Gasteiger partial charge in [0, 0.05) is 12.5 Å². The number of nitrogen functional groups attached to an aromatic ring is 1. The number of alkyl halides is 3. The Hall–Kier alpha value is -1.37. The summed E-state index contributed by atoms with van der Waals surface area (Å²) in [5.74, 6) is 1.45. The molecule has 4 nitrogen and oxygen atoms in total. The number of anilines is 1. The van der Waals surface area contributed by atoms with Crippen LogP contribution in [0.15, 0.2) is 6.07 Å². The molecule has 18 heavy (non-hydrogen) atoms. The van der Waals surface area contributed by atoms with Crippen LogP contribution in [0, 0.1) is 5.92 Å². The first-order chi connectivity index (χ1) is 8.42. The summed E-state index contributed by atoms with van der Waals surface area (Å²) < 4.78 is 40.3. The van der Waals surface area contributed by atoms with E-state index in [1.165, 1.54) is 6.07 Å². The lowest BCUT2D eigenvalue weighted by Crippen LogP contribution is -2.17. The number of hydrogen-bond donors (Lipinski definition) is 1. The Morgan fingerprint density at radius 3 is 2.67 bits per heavy atom. The van der Waals surface area contributed by atoms with Crippen LogP contribution in [0.4, 0.5) is 19.0 Å². The highest BCUT2D eigenvalue weighted by Gasteiger charge is 2.27. The lowest BCUT2D eigenvalue weighted by Gasteiger charge is -2.08. The van der Waals surface area contributed by atoms with Crippen molar-refractivity contribution in [3.63, 3.8) is 0 Å². The zero-order valence-electron chi connectivity index (χ0n) is 9.70. The molecule has 1 fully saturated rings. The van der Waals surface area contributed by atoms with Crippen molar-refractivity contribution in [3.05, 3.63) is 17.6 Å². The lowest BCUT2D eigenvalue weighted by atomic mass is 10.2. The topological polar surface area (TPSA) is 61.0 Å². The van der Waals surface area contributed by atoms with E-state index in [0.717, 1.165) is 19.3 Å². The zero-order valence-corrected chi connectivity index (χ0v) is 9.70. The molecule has 1 aliphatic carbocycles.